The van der Waals surface area contributed by atoms with Gasteiger partial charge in [-0.3, -0.25) is 19.2 Å². The minimum absolute atomic E-state index is 0.0467. The van der Waals surface area contributed by atoms with E-state index in [0.717, 1.165) is 25.0 Å². The van der Waals surface area contributed by atoms with E-state index >= 15 is 0 Å². The van der Waals surface area contributed by atoms with Crippen molar-refractivity contribution in [2.24, 2.45) is 0 Å². The van der Waals surface area contributed by atoms with Crippen LogP contribution in [0.15, 0.2) is 54.6 Å². The van der Waals surface area contributed by atoms with Crippen LogP contribution in [-0.2, 0) is 52.3 Å². The Morgan fingerprint density at radius 3 is 2.04 bits per heavy atom. The standard InChI is InChI=1S/C45H63N3O21/c1-22(50)47-32-27(52)18-45(44(61)62,69-40(32)34(55)28(53)19-46-41(60)26-15-13-25(14-16-26)24-10-6-4-7-11-24)65-21-30-35(56)37(58)38(59)43(67-30)68-39-29(20-49)66-42(33(36(39)57)48-23(2)51)64-17-9-5-8-12-31(54)63-3/h4,6-7,10-11,13-16,27-30,32-40,42-43,49,52-53,55-59H,5,8-9,12,17-21H2,1-3H3,(H,46,60)(H,47,50)(H,48,51)(H,61,62)/t27-,28+,29+,30+,32+,33+,34+,35-,36+,37-,38+,39+,40+,42+,43-,45+/m0/s1. The van der Waals surface area contributed by atoms with E-state index in [1.165, 1.54) is 7.11 Å². The van der Waals surface area contributed by atoms with Crippen LogP contribution >= 0.6 is 0 Å². The molecule has 3 aliphatic rings. The Labute approximate surface area is 396 Å². The van der Waals surface area contributed by atoms with E-state index in [9.17, 15) is 69.9 Å². The maximum absolute atomic E-state index is 13.0. The van der Waals surface area contributed by atoms with Gasteiger partial charge in [0.15, 0.2) is 12.6 Å². The third-order valence-corrected chi connectivity index (χ3v) is 11.9. The summed E-state index contributed by atoms with van der Waals surface area (Å²) in [5.41, 5.74) is 1.94. The molecule has 24 nitrogen and oxygen atoms in total. The molecule has 69 heavy (non-hydrogen) atoms. The molecule has 0 aromatic heterocycles. The van der Waals surface area contributed by atoms with E-state index in [-0.39, 0.29) is 24.6 Å². The van der Waals surface area contributed by atoms with Crippen molar-refractivity contribution in [1.82, 2.24) is 16.0 Å². The fraction of sp³-hybridized carbons (Fsp3) is 0.622. The molecule has 2 aromatic rings. The summed E-state index contributed by atoms with van der Waals surface area (Å²) in [4.78, 5) is 61.8. The van der Waals surface area contributed by atoms with Crippen molar-refractivity contribution >= 4 is 29.7 Å². The molecule has 384 valence electrons. The zero-order valence-electron chi connectivity index (χ0n) is 38.1. The number of carboxylic acid groups (broad SMARTS) is 1. The highest BCUT2D eigenvalue weighted by molar-refractivity contribution is 5.94. The molecule has 5 rings (SSSR count). The van der Waals surface area contributed by atoms with Gasteiger partial charge in [0.25, 0.3) is 11.7 Å². The van der Waals surface area contributed by atoms with E-state index in [0.29, 0.717) is 19.3 Å². The molecule has 3 fully saturated rings. The molecule has 24 heteroatoms. The number of amides is 3. The van der Waals surface area contributed by atoms with Gasteiger partial charge in [-0.1, -0.05) is 48.9 Å². The smallest absolute Gasteiger partial charge is 0.364 e. The maximum Gasteiger partial charge on any atom is 0.364 e. The van der Waals surface area contributed by atoms with Crippen LogP contribution in [-0.4, -0.2) is 207 Å². The normalized spacial score (nSPS) is 32.2. The van der Waals surface area contributed by atoms with Gasteiger partial charge in [0.2, 0.25) is 11.8 Å². The number of aliphatic hydroxyl groups excluding tert-OH is 8. The maximum atomic E-state index is 13.0. The van der Waals surface area contributed by atoms with Crippen molar-refractivity contribution in [3.05, 3.63) is 60.2 Å². The number of rotatable bonds is 22. The monoisotopic (exact) mass is 981 g/mol. The van der Waals surface area contributed by atoms with E-state index in [1.807, 2.05) is 30.3 Å². The third kappa shape index (κ3) is 14.2. The van der Waals surface area contributed by atoms with Crippen LogP contribution in [0.25, 0.3) is 11.1 Å². The summed E-state index contributed by atoms with van der Waals surface area (Å²) >= 11 is 0. The van der Waals surface area contributed by atoms with E-state index in [4.69, 9.17) is 28.4 Å². The molecule has 16 atom stereocenters. The topological polar surface area (TPSA) is 368 Å². The van der Waals surface area contributed by atoms with Crippen molar-refractivity contribution in [2.75, 3.05) is 33.5 Å². The van der Waals surface area contributed by atoms with Crippen LogP contribution in [0.2, 0.25) is 0 Å². The van der Waals surface area contributed by atoms with Gasteiger partial charge in [-0.15, -0.1) is 0 Å². The van der Waals surface area contributed by atoms with Crippen LogP contribution in [0.3, 0.4) is 0 Å². The first-order valence-electron chi connectivity index (χ1n) is 22.4. The fourth-order valence-corrected chi connectivity index (χ4v) is 8.19. The summed E-state index contributed by atoms with van der Waals surface area (Å²) in [5, 5.41) is 106. The lowest BCUT2D eigenvalue weighted by Gasteiger charge is -2.48. The van der Waals surface area contributed by atoms with Gasteiger partial charge in [-0.25, -0.2) is 4.79 Å². The predicted molar refractivity (Wildman–Crippen MR) is 233 cm³/mol. The number of hydrogen-bond donors (Lipinski definition) is 12. The molecule has 12 N–H and O–H groups in total. The van der Waals surface area contributed by atoms with Crippen LogP contribution in [0.5, 0.6) is 0 Å². The SMILES string of the molecule is COC(=O)CCCCCO[C@@H]1O[C@H](CO)[C@@H](O[C@@H]2O[C@H](CO[C@]3(C(=O)O)C[C@H](O)[C@@H](NC(C)=O)[C@H]([C@H](O)[C@H](O)CNC(=O)c4ccc(-c5ccccc5)cc4)O3)[C@H](O)[C@H](O)[C@H]2O)[C@H](O)[C@H]1NC(C)=O. The Morgan fingerprint density at radius 1 is 0.783 bits per heavy atom. The molecule has 3 heterocycles. The van der Waals surface area contributed by atoms with Crippen LogP contribution in [0, 0.1) is 0 Å². The molecule has 0 spiro atoms. The predicted octanol–water partition coefficient (Wildman–Crippen LogP) is -3.22. The summed E-state index contributed by atoms with van der Waals surface area (Å²) < 4.78 is 39.3. The molecule has 0 aliphatic carbocycles. The Bertz CT molecular complexity index is 2000. The van der Waals surface area contributed by atoms with Crippen molar-refractivity contribution in [2.45, 2.75) is 144 Å². The fourth-order valence-electron chi connectivity index (χ4n) is 8.19. The molecule has 3 aliphatic heterocycles. The average Bonchev–Trinajstić information content (AvgIpc) is 3.33. The number of aliphatic carboxylic acids is 1. The molecular weight excluding hydrogens is 918 g/mol. The van der Waals surface area contributed by atoms with Gasteiger partial charge in [-0.2, -0.15) is 0 Å². The third-order valence-electron chi connectivity index (χ3n) is 11.9. The van der Waals surface area contributed by atoms with Gasteiger partial charge in [0.1, 0.15) is 61.0 Å². The van der Waals surface area contributed by atoms with E-state index < -0.39 is 147 Å². The quantitative estimate of drug-likeness (QED) is 0.0408. The number of carbonyl (C=O) groups is 5. The first-order valence-corrected chi connectivity index (χ1v) is 22.4. The summed E-state index contributed by atoms with van der Waals surface area (Å²) in [6, 6.07) is 13.0. The zero-order valence-corrected chi connectivity index (χ0v) is 38.1. The highest BCUT2D eigenvalue weighted by atomic mass is 16.8. The van der Waals surface area contributed by atoms with Gasteiger partial charge in [0.05, 0.1) is 38.6 Å². The molecule has 0 bridgehead atoms. The Balaban J connectivity index is 1.26. The number of aliphatic hydroxyl groups is 8. The second-order valence-corrected chi connectivity index (χ2v) is 17.0. The molecule has 0 saturated carbocycles. The second-order valence-electron chi connectivity index (χ2n) is 17.0. The molecule has 3 saturated heterocycles. The number of nitrogens with one attached hydrogen (secondary N) is 3. The van der Waals surface area contributed by atoms with Crippen molar-refractivity contribution in [3.8, 4) is 11.1 Å². The first-order chi connectivity index (χ1) is 32.8. The van der Waals surface area contributed by atoms with E-state index in [2.05, 4.69) is 20.7 Å². The van der Waals surface area contributed by atoms with Crippen molar-refractivity contribution < 1.29 is 103 Å². The number of carbonyl (C=O) groups excluding carboxylic acids is 4. The summed E-state index contributed by atoms with van der Waals surface area (Å²) in [6.45, 7) is -0.172. The summed E-state index contributed by atoms with van der Waals surface area (Å²) in [5.74, 6) is -7.20. The lowest BCUT2D eigenvalue weighted by atomic mass is 9.88. The van der Waals surface area contributed by atoms with Gasteiger partial charge < -0.3 is 95.1 Å². The Morgan fingerprint density at radius 2 is 1.42 bits per heavy atom. The van der Waals surface area contributed by atoms with Crippen molar-refractivity contribution in [3.63, 3.8) is 0 Å². The summed E-state index contributed by atoms with van der Waals surface area (Å²) in [6.07, 6.45) is -23.1. The van der Waals surface area contributed by atoms with Crippen LogP contribution in [0.1, 0.15) is 56.3 Å². The second kappa shape index (κ2) is 25.4. The lowest BCUT2D eigenvalue weighted by Crippen LogP contribution is -2.69. The highest BCUT2D eigenvalue weighted by Crippen LogP contribution is 2.36. The van der Waals surface area contributed by atoms with Gasteiger partial charge >= 0.3 is 11.9 Å². The lowest BCUT2D eigenvalue weighted by molar-refractivity contribution is -0.360. The highest BCUT2D eigenvalue weighted by Gasteiger charge is 2.57. The van der Waals surface area contributed by atoms with Crippen molar-refractivity contribution in [1.29, 1.82) is 0 Å². The first kappa shape index (κ1) is 55.2. The summed E-state index contributed by atoms with van der Waals surface area (Å²) in [7, 11) is 1.27. The Hall–Kier alpha value is -4.77. The molecule has 2 aromatic carbocycles. The number of esters is 1. The molecule has 0 radical (unpaired) electrons. The Kier molecular flexibility index (Phi) is 20.3. The zero-order chi connectivity index (χ0) is 50.6. The van der Waals surface area contributed by atoms with Gasteiger partial charge in [-0.05, 0) is 36.1 Å². The van der Waals surface area contributed by atoms with E-state index in [1.54, 1.807) is 24.3 Å². The molecule has 3 amide bonds. The minimum atomic E-state index is -2.92. The number of unbranched alkanes of at least 4 members (excludes halogenated alkanes) is 2. The number of hydrogen-bond acceptors (Lipinski definition) is 20. The number of ether oxygens (including phenoxy) is 7. The number of benzene rings is 2. The number of methoxy groups -OCH3 is 1. The van der Waals surface area contributed by atoms with Crippen LogP contribution < -0.4 is 16.0 Å². The molecule has 0 unspecified atom stereocenters. The molecular formula is C45H63N3O21. The largest absolute Gasteiger partial charge is 0.477 e. The number of carboxylic acids is 1. The average molecular weight is 982 g/mol. The van der Waals surface area contributed by atoms with Crippen LogP contribution in [0.4, 0.5) is 0 Å². The van der Waals surface area contributed by atoms with Gasteiger partial charge in [0, 0.05) is 45.4 Å². The minimum Gasteiger partial charge on any atom is -0.477 e.